The molecule has 0 spiro atoms. The number of benzene rings is 2. The van der Waals surface area contributed by atoms with Gasteiger partial charge >= 0.3 is 0 Å². The first-order valence-electron chi connectivity index (χ1n) is 7.58. The Balaban J connectivity index is 1.67. The maximum atomic E-state index is 13.5. The van der Waals surface area contributed by atoms with Gasteiger partial charge in [-0.2, -0.15) is 11.8 Å². The van der Waals surface area contributed by atoms with Gasteiger partial charge in [-0.1, -0.05) is 41.9 Å². The molecule has 0 bridgehead atoms. The van der Waals surface area contributed by atoms with E-state index in [9.17, 15) is 9.18 Å². The minimum absolute atomic E-state index is 0.198. The molecule has 0 aliphatic heterocycles. The summed E-state index contributed by atoms with van der Waals surface area (Å²) >= 11 is 7.56. The predicted molar refractivity (Wildman–Crippen MR) is 97.1 cm³/mol. The summed E-state index contributed by atoms with van der Waals surface area (Å²) in [5.74, 6) is 1.35. The average molecular weight is 368 g/mol. The number of amides is 1. The van der Waals surface area contributed by atoms with Gasteiger partial charge in [0.1, 0.15) is 11.6 Å². The fourth-order valence-corrected chi connectivity index (χ4v) is 3.00. The molecular formula is C18H19ClFNO2S. The van der Waals surface area contributed by atoms with Gasteiger partial charge in [-0.15, -0.1) is 0 Å². The van der Waals surface area contributed by atoms with E-state index in [4.69, 9.17) is 16.3 Å². The van der Waals surface area contributed by atoms with Gasteiger partial charge in [-0.25, -0.2) is 4.39 Å². The van der Waals surface area contributed by atoms with Crippen molar-refractivity contribution in [2.75, 3.05) is 12.3 Å². The lowest BCUT2D eigenvalue weighted by atomic mass is 10.2. The summed E-state index contributed by atoms with van der Waals surface area (Å²) in [6.45, 7) is 2.17. The van der Waals surface area contributed by atoms with Crippen molar-refractivity contribution in [3.05, 3.63) is 64.9 Å². The number of halogens is 2. The molecule has 2 rings (SSSR count). The van der Waals surface area contributed by atoms with Gasteiger partial charge in [0.25, 0.3) is 5.91 Å². The van der Waals surface area contributed by atoms with Gasteiger partial charge in [0, 0.05) is 18.1 Å². The third-order valence-electron chi connectivity index (χ3n) is 3.27. The lowest BCUT2D eigenvalue weighted by Gasteiger charge is -2.15. The van der Waals surface area contributed by atoms with Gasteiger partial charge in [0.15, 0.2) is 6.10 Å². The summed E-state index contributed by atoms with van der Waals surface area (Å²) in [7, 11) is 0. The highest BCUT2D eigenvalue weighted by molar-refractivity contribution is 7.98. The molecular weight excluding hydrogens is 349 g/mol. The molecule has 0 aromatic heterocycles. The van der Waals surface area contributed by atoms with Crippen molar-refractivity contribution in [1.82, 2.24) is 5.32 Å². The van der Waals surface area contributed by atoms with Crippen LogP contribution in [0.3, 0.4) is 0 Å². The highest BCUT2D eigenvalue weighted by Crippen LogP contribution is 2.24. The molecule has 0 radical (unpaired) electrons. The van der Waals surface area contributed by atoms with E-state index in [1.807, 2.05) is 6.07 Å². The van der Waals surface area contributed by atoms with Crippen LogP contribution in [-0.4, -0.2) is 24.3 Å². The molecule has 128 valence electrons. The third-order valence-corrected chi connectivity index (χ3v) is 4.59. The predicted octanol–water partition coefficient (Wildman–Crippen LogP) is 4.30. The van der Waals surface area contributed by atoms with E-state index in [0.717, 1.165) is 0 Å². The Kier molecular flexibility index (Phi) is 7.40. The maximum absolute atomic E-state index is 13.5. The Morgan fingerprint density at radius 2 is 1.96 bits per heavy atom. The molecule has 2 aromatic rings. The molecule has 0 unspecified atom stereocenters. The fraction of sp³-hybridized carbons (Fsp3) is 0.278. The van der Waals surface area contributed by atoms with Crippen LogP contribution in [0.25, 0.3) is 0 Å². The van der Waals surface area contributed by atoms with Gasteiger partial charge in [0.05, 0.1) is 5.02 Å². The molecule has 6 heteroatoms. The van der Waals surface area contributed by atoms with Crippen molar-refractivity contribution in [3.8, 4) is 5.75 Å². The molecule has 0 heterocycles. The summed E-state index contributed by atoms with van der Waals surface area (Å²) in [6, 6.07) is 13.7. The maximum Gasteiger partial charge on any atom is 0.260 e. The summed E-state index contributed by atoms with van der Waals surface area (Å²) in [6.07, 6.45) is -0.638. The summed E-state index contributed by atoms with van der Waals surface area (Å²) in [5.41, 5.74) is 0.671. The molecule has 1 atom stereocenters. The van der Waals surface area contributed by atoms with E-state index in [1.54, 1.807) is 55.1 Å². The summed E-state index contributed by atoms with van der Waals surface area (Å²) < 4.78 is 19.0. The van der Waals surface area contributed by atoms with E-state index in [1.165, 1.54) is 6.07 Å². The van der Waals surface area contributed by atoms with Crippen LogP contribution < -0.4 is 10.1 Å². The van der Waals surface area contributed by atoms with Crippen LogP contribution in [0.4, 0.5) is 4.39 Å². The first-order chi connectivity index (χ1) is 11.6. The lowest BCUT2D eigenvalue weighted by molar-refractivity contribution is -0.127. The minimum Gasteiger partial charge on any atom is -0.479 e. The zero-order chi connectivity index (χ0) is 17.4. The molecule has 24 heavy (non-hydrogen) atoms. The molecule has 1 N–H and O–H groups in total. The molecule has 0 saturated heterocycles. The second-order valence-electron chi connectivity index (χ2n) is 5.13. The Bertz CT molecular complexity index is 684. The van der Waals surface area contributed by atoms with Crippen molar-refractivity contribution in [3.63, 3.8) is 0 Å². The van der Waals surface area contributed by atoms with E-state index in [0.29, 0.717) is 34.4 Å². The van der Waals surface area contributed by atoms with E-state index in [-0.39, 0.29) is 11.7 Å². The van der Waals surface area contributed by atoms with Crippen molar-refractivity contribution in [2.45, 2.75) is 18.8 Å². The molecule has 1 amide bonds. The Morgan fingerprint density at radius 3 is 2.71 bits per heavy atom. The van der Waals surface area contributed by atoms with Crippen LogP contribution in [0.15, 0.2) is 48.5 Å². The Morgan fingerprint density at radius 1 is 1.25 bits per heavy atom. The first-order valence-corrected chi connectivity index (χ1v) is 9.11. The van der Waals surface area contributed by atoms with Crippen LogP contribution in [0.2, 0.25) is 5.02 Å². The largest absolute Gasteiger partial charge is 0.479 e. The number of hydrogen-bond donors (Lipinski definition) is 1. The number of rotatable bonds is 8. The molecule has 3 nitrogen and oxygen atoms in total. The van der Waals surface area contributed by atoms with Crippen molar-refractivity contribution < 1.29 is 13.9 Å². The first kappa shape index (κ1) is 18.6. The summed E-state index contributed by atoms with van der Waals surface area (Å²) in [5, 5.41) is 3.27. The van der Waals surface area contributed by atoms with Crippen LogP contribution in [0, 0.1) is 5.82 Å². The van der Waals surface area contributed by atoms with Gasteiger partial charge in [-0.05, 0) is 30.7 Å². The van der Waals surface area contributed by atoms with Crippen molar-refractivity contribution >= 4 is 29.3 Å². The normalized spacial score (nSPS) is 11.8. The molecule has 2 aromatic carbocycles. The molecule has 0 aliphatic rings. The van der Waals surface area contributed by atoms with Gasteiger partial charge < -0.3 is 10.1 Å². The van der Waals surface area contributed by atoms with Crippen LogP contribution >= 0.6 is 23.4 Å². The summed E-state index contributed by atoms with van der Waals surface area (Å²) in [4.78, 5) is 12.0. The SMILES string of the molecule is C[C@@H](Oc1ccccc1Cl)C(=O)NCCSCc1ccccc1F. The molecule has 0 fully saturated rings. The van der Waals surface area contributed by atoms with Crippen molar-refractivity contribution in [2.24, 2.45) is 0 Å². The second-order valence-corrected chi connectivity index (χ2v) is 6.64. The highest BCUT2D eigenvalue weighted by atomic mass is 35.5. The minimum atomic E-state index is -0.638. The number of carbonyl (C=O) groups excluding carboxylic acids is 1. The quantitative estimate of drug-likeness (QED) is 0.707. The smallest absolute Gasteiger partial charge is 0.260 e. The second kappa shape index (κ2) is 9.55. The highest BCUT2D eigenvalue weighted by Gasteiger charge is 2.15. The molecule has 0 aliphatic carbocycles. The van der Waals surface area contributed by atoms with Crippen molar-refractivity contribution in [1.29, 1.82) is 0 Å². The number of carbonyl (C=O) groups is 1. The van der Waals surface area contributed by atoms with Crippen LogP contribution in [0.5, 0.6) is 5.75 Å². The van der Waals surface area contributed by atoms with Gasteiger partial charge in [-0.3, -0.25) is 4.79 Å². The zero-order valence-electron chi connectivity index (χ0n) is 13.3. The van der Waals surface area contributed by atoms with Gasteiger partial charge in [0.2, 0.25) is 0 Å². The van der Waals surface area contributed by atoms with Crippen LogP contribution in [0.1, 0.15) is 12.5 Å². The van der Waals surface area contributed by atoms with E-state index in [2.05, 4.69) is 5.32 Å². The number of ether oxygens (including phenoxy) is 1. The number of nitrogens with one attached hydrogen (secondary N) is 1. The van der Waals surface area contributed by atoms with E-state index < -0.39 is 6.10 Å². The standard InChI is InChI=1S/C18H19ClFNO2S/c1-13(23-17-9-5-3-7-15(17)19)18(22)21-10-11-24-12-14-6-2-4-8-16(14)20/h2-9,13H,10-12H2,1H3,(H,21,22)/t13-/m1/s1. The fourth-order valence-electron chi connectivity index (χ4n) is 1.97. The topological polar surface area (TPSA) is 38.3 Å². The monoisotopic (exact) mass is 367 g/mol. The number of thioether (sulfide) groups is 1. The Labute approximate surface area is 150 Å². The lowest BCUT2D eigenvalue weighted by Crippen LogP contribution is -2.37. The number of hydrogen-bond acceptors (Lipinski definition) is 3. The number of para-hydroxylation sites is 1. The zero-order valence-corrected chi connectivity index (χ0v) is 14.9. The van der Waals surface area contributed by atoms with E-state index >= 15 is 0 Å². The van der Waals surface area contributed by atoms with Crippen LogP contribution in [-0.2, 0) is 10.5 Å². The molecule has 0 saturated carbocycles. The Hall–Kier alpha value is -1.72. The third kappa shape index (κ3) is 5.73. The average Bonchev–Trinajstić information content (AvgIpc) is 2.58.